The van der Waals surface area contributed by atoms with Crippen LogP contribution >= 0.6 is 0 Å². The van der Waals surface area contributed by atoms with Gasteiger partial charge in [0.05, 0.1) is 0 Å². The van der Waals surface area contributed by atoms with E-state index >= 15 is 0 Å². The third-order valence-corrected chi connectivity index (χ3v) is 2.50. The summed E-state index contributed by atoms with van der Waals surface area (Å²) >= 11 is 0. The Kier molecular flexibility index (Phi) is 5.22. The summed E-state index contributed by atoms with van der Waals surface area (Å²) in [5.74, 6) is -8.49. The van der Waals surface area contributed by atoms with Crippen LogP contribution in [0.25, 0.3) is 0 Å². The SMILES string of the molecule is CN(C)C(=O)C(O)CC(F)(C(F)(F)F)C(F)(F)C(F)(F)F. The summed E-state index contributed by atoms with van der Waals surface area (Å²) in [6.07, 6.45) is -19.3. The molecule has 126 valence electrons. The van der Waals surface area contributed by atoms with Gasteiger partial charge in [-0.25, -0.2) is 4.39 Å². The van der Waals surface area contributed by atoms with E-state index < -0.39 is 42.4 Å². The fraction of sp³-hybridized carbons (Fsp3) is 0.889. The highest BCUT2D eigenvalue weighted by Crippen LogP contribution is 2.54. The van der Waals surface area contributed by atoms with Crippen molar-refractivity contribution in [2.24, 2.45) is 0 Å². The fourth-order valence-electron chi connectivity index (χ4n) is 1.30. The third kappa shape index (κ3) is 3.52. The molecule has 0 heterocycles. The van der Waals surface area contributed by atoms with Gasteiger partial charge in [-0.3, -0.25) is 4.79 Å². The lowest BCUT2D eigenvalue weighted by atomic mass is 9.89. The number of aliphatic hydroxyl groups excluding tert-OH is 1. The van der Waals surface area contributed by atoms with Gasteiger partial charge in [-0.2, -0.15) is 35.1 Å². The molecule has 0 aromatic rings. The van der Waals surface area contributed by atoms with Crippen molar-refractivity contribution in [3.8, 4) is 0 Å². The van der Waals surface area contributed by atoms with E-state index in [9.17, 15) is 44.3 Å². The van der Waals surface area contributed by atoms with Crippen LogP contribution in [-0.4, -0.2) is 60.1 Å². The first-order valence-electron chi connectivity index (χ1n) is 5.08. The zero-order valence-electron chi connectivity index (χ0n) is 10.5. The van der Waals surface area contributed by atoms with Gasteiger partial charge in [0.15, 0.2) is 0 Å². The molecular weight excluding hydrogens is 325 g/mol. The average molecular weight is 335 g/mol. The highest BCUT2D eigenvalue weighted by Gasteiger charge is 2.81. The molecule has 1 N–H and O–H groups in total. The number of aliphatic hydroxyl groups is 1. The molecule has 0 aliphatic heterocycles. The molecule has 2 atom stereocenters. The van der Waals surface area contributed by atoms with Crippen LogP contribution in [0.5, 0.6) is 0 Å². The maximum absolute atomic E-state index is 13.5. The first-order valence-corrected chi connectivity index (χ1v) is 5.08. The summed E-state index contributed by atoms with van der Waals surface area (Å²) in [5, 5.41) is 8.98. The molecule has 1 amide bonds. The monoisotopic (exact) mass is 335 g/mol. The molecule has 2 unspecified atom stereocenters. The van der Waals surface area contributed by atoms with E-state index in [-0.39, 0.29) is 0 Å². The summed E-state index contributed by atoms with van der Waals surface area (Å²) in [6, 6.07) is 0. The highest BCUT2D eigenvalue weighted by molar-refractivity contribution is 5.80. The molecule has 0 aliphatic carbocycles. The molecule has 21 heavy (non-hydrogen) atoms. The van der Waals surface area contributed by atoms with Crippen LogP contribution in [0.3, 0.4) is 0 Å². The Morgan fingerprint density at radius 2 is 1.33 bits per heavy atom. The Hall–Kier alpha value is -1.20. The number of hydrogen-bond donors (Lipinski definition) is 1. The third-order valence-electron chi connectivity index (χ3n) is 2.50. The van der Waals surface area contributed by atoms with Crippen molar-refractivity contribution in [1.29, 1.82) is 0 Å². The van der Waals surface area contributed by atoms with E-state index in [0.29, 0.717) is 4.90 Å². The molecule has 0 aromatic heterocycles. The molecule has 0 radical (unpaired) electrons. The van der Waals surface area contributed by atoms with Crippen molar-refractivity contribution in [3.63, 3.8) is 0 Å². The van der Waals surface area contributed by atoms with Crippen LogP contribution in [0.1, 0.15) is 6.42 Å². The molecule has 0 saturated heterocycles. The predicted octanol–water partition coefficient (Wildman–Crippen LogP) is 2.29. The lowest BCUT2D eigenvalue weighted by Crippen LogP contribution is -2.63. The van der Waals surface area contributed by atoms with Crippen LogP contribution in [-0.2, 0) is 4.79 Å². The van der Waals surface area contributed by atoms with Crippen LogP contribution < -0.4 is 0 Å². The number of hydrogen-bond acceptors (Lipinski definition) is 2. The van der Waals surface area contributed by atoms with Gasteiger partial charge < -0.3 is 10.0 Å². The summed E-state index contributed by atoms with van der Waals surface area (Å²) in [7, 11) is 1.75. The number of carbonyl (C=O) groups excluding carboxylic acids is 1. The molecular formula is C9H10F9NO2. The van der Waals surface area contributed by atoms with Gasteiger partial charge in [0.2, 0.25) is 0 Å². The van der Waals surface area contributed by atoms with Crippen molar-refractivity contribution in [2.45, 2.75) is 36.5 Å². The summed E-state index contributed by atoms with van der Waals surface area (Å²) in [6.45, 7) is 0. The van der Waals surface area contributed by atoms with E-state index in [4.69, 9.17) is 5.11 Å². The van der Waals surface area contributed by atoms with Crippen molar-refractivity contribution in [3.05, 3.63) is 0 Å². The van der Waals surface area contributed by atoms with E-state index in [1.165, 1.54) is 0 Å². The van der Waals surface area contributed by atoms with Gasteiger partial charge in [0, 0.05) is 20.5 Å². The van der Waals surface area contributed by atoms with Crippen LogP contribution in [0.4, 0.5) is 39.5 Å². The number of amides is 1. The molecule has 0 spiro atoms. The normalized spacial score (nSPS) is 18.1. The van der Waals surface area contributed by atoms with Crippen LogP contribution in [0, 0.1) is 0 Å². The summed E-state index contributed by atoms with van der Waals surface area (Å²) in [5.41, 5.74) is -6.15. The number of rotatable bonds is 4. The lowest BCUT2D eigenvalue weighted by molar-refractivity contribution is -0.386. The first-order chi connectivity index (χ1) is 8.99. The Bertz CT molecular complexity index is 390. The Morgan fingerprint density at radius 3 is 1.57 bits per heavy atom. The first kappa shape index (κ1) is 19.8. The van der Waals surface area contributed by atoms with Crippen molar-refractivity contribution in [1.82, 2.24) is 4.90 Å². The van der Waals surface area contributed by atoms with Gasteiger partial charge >= 0.3 is 18.3 Å². The van der Waals surface area contributed by atoms with Crippen molar-refractivity contribution < 1.29 is 49.4 Å². The van der Waals surface area contributed by atoms with E-state index in [0.717, 1.165) is 14.1 Å². The number of likely N-dealkylation sites (N-methyl/N-ethyl adjacent to an activating group) is 1. The van der Waals surface area contributed by atoms with Crippen LogP contribution in [0.2, 0.25) is 0 Å². The van der Waals surface area contributed by atoms with Crippen LogP contribution in [0.15, 0.2) is 0 Å². The predicted molar refractivity (Wildman–Crippen MR) is 50.2 cm³/mol. The maximum Gasteiger partial charge on any atom is 0.457 e. The van der Waals surface area contributed by atoms with Crippen molar-refractivity contribution >= 4 is 5.91 Å². The summed E-state index contributed by atoms with van der Waals surface area (Å²) in [4.78, 5) is 11.4. The highest BCUT2D eigenvalue weighted by atomic mass is 19.4. The minimum absolute atomic E-state index is 0.410. The largest absolute Gasteiger partial charge is 0.457 e. The van der Waals surface area contributed by atoms with Gasteiger partial charge in [-0.1, -0.05) is 0 Å². The zero-order chi connectivity index (χ0) is 17.4. The second-order valence-corrected chi connectivity index (χ2v) is 4.32. The minimum atomic E-state index is -6.86. The lowest BCUT2D eigenvalue weighted by Gasteiger charge is -2.36. The smallest absolute Gasteiger partial charge is 0.383 e. The number of halogens is 9. The van der Waals surface area contributed by atoms with E-state index in [1.54, 1.807) is 0 Å². The fourth-order valence-corrected chi connectivity index (χ4v) is 1.30. The topological polar surface area (TPSA) is 40.5 Å². The molecule has 0 bridgehead atoms. The van der Waals surface area contributed by atoms with Gasteiger partial charge in [0.1, 0.15) is 6.10 Å². The number of alkyl halides is 9. The summed E-state index contributed by atoms with van der Waals surface area (Å²) < 4.78 is 112. The van der Waals surface area contributed by atoms with Gasteiger partial charge in [-0.05, 0) is 0 Å². The quantitative estimate of drug-likeness (QED) is 0.801. The van der Waals surface area contributed by atoms with Gasteiger partial charge in [-0.15, -0.1) is 0 Å². The maximum atomic E-state index is 13.5. The number of nitrogens with zero attached hydrogens (tertiary/aromatic N) is 1. The second kappa shape index (κ2) is 5.54. The molecule has 3 nitrogen and oxygen atoms in total. The molecule has 0 rings (SSSR count). The second-order valence-electron chi connectivity index (χ2n) is 4.32. The Morgan fingerprint density at radius 1 is 0.952 bits per heavy atom. The molecule has 0 fully saturated rings. The standard InChI is InChI=1S/C9H10F9NO2/c1-19(2)5(21)4(20)3-6(10,8(13,14)15)7(11,12)9(16,17)18/h4,20H,3H2,1-2H3. The Labute approximate surface area is 112 Å². The van der Waals surface area contributed by atoms with E-state index in [1.807, 2.05) is 0 Å². The minimum Gasteiger partial charge on any atom is -0.383 e. The molecule has 0 saturated carbocycles. The average Bonchev–Trinajstić information content (AvgIpc) is 2.24. The molecule has 0 aliphatic rings. The van der Waals surface area contributed by atoms with E-state index in [2.05, 4.69) is 0 Å². The zero-order valence-corrected chi connectivity index (χ0v) is 10.5. The van der Waals surface area contributed by atoms with Crippen molar-refractivity contribution in [2.75, 3.05) is 14.1 Å². The molecule has 12 heteroatoms. The van der Waals surface area contributed by atoms with Gasteiger partial charge in [0.25, 0.3) is 11.6 Å². The number of carbonyl (C=O) groups is 1. The Balaban J connectivity index is 5.77. The molecule has 0 aromatic carbocycles.